The van der Waals surface area contributed by atoms with E-state index in [-0.39, 0.29) is 17.5 Å². The van der Waals surface area contributed by atoms with E-state index in [0.29, 0.717) is 30.5 Å². The number of ether oxygens (including phenoxy) is 4. The Bertz CT molecular complexity index is 939. The van der Waals surface area contributed by atoms with E-state index < -0.39 is 12.1 Å². The van der Waals surface area contributed by atoms with E-state index in [9.17, 15) is 9.59 Å². The van der Waals surface area contributed by atoms with Crippen molar-refractivity contribution in [3.8, 4) is 17.2 Å². The maximum atomic E-state index is 13.0. The number of fused-ring (bicyclic) bond motifs is 2. The zero-order valence-corrected chi connectivity index (χ0v) is 16.6. The molecule has 0 saturated carbocycles. The zero-order chi connectivity index (χ0) is 20.5. The molecule has 2 aliphatic heterocycles. The van der Waals surface area contributed by atoms with Gasteiger partial charge in [0.15, 0.2) is 17.6 Å². The Balaban J connectivity index is 1.52. The average Bonchev–Trinajstić information content (AvgIpc) is 3.07. The number of amides is 1. The lowest BCUT2D eigenvalue weighted by atomic mass is 10.1. The predicted octanol–water partition coefficient (Wildman–Crippen LogP) is 2.99. The fourth-order valence-electron chi connectivity index (χ4n) is 3.77. The van der Waals surface area contributed by atoms with Gasteiger partial charge in [-0.05, 0) is 44.0 Å². The summed E-state index contributed by atoms with van der Waals surface area (Å²) in [5, 5.41) is 0. The second-order valence-electron chi connectivity index (χ2n) is 7.14. The van der Waals surface area contributed by atoms with Gasteiger partial charge in [-0.25, -0.2) is 4.79 Å². The SMILES string of the molecule is COc1cc(C(=O)O[C@H](C)C(=O)N2c3ccccc3C[C@@H]2C)cc2c1OCCO2. The molecule has 2 aromatic carbocycles. The molecule has 0 aromatic heterocycles. The number of carbonyl (C=O) groups excluding carboxylic acids is 2. The van der Waals surface area contributed by atoms with Crippen LogP contribution >= 0.6 is 0 Å². The summed E-state index contributed by atoms with van der Waals surface area (Å²) in [6, 6.07) is 10.9. The Morgan fingerprint density at radius 2 is 1.93 bits per heavy atom. The molecule has 2 atom stereocenters. The molecule has 0 spiro atoms. The summed E-state index contributed by atoms with van der Waals surface area (Å²) in [4.78, 5) is 27.4. The number of methoxy groups -OCH3 is 1. The van der Waals surface area contributed by atoms with Crippen LogP contribution in [0.2, 0.25) is 0 Å². The van der Waals surface area contributed by atoms with Gasteiger partial charge in [0, 0.05) is 11.7 Å². The summed E-state index contributed by atoms with van der Waals surface area (Å²) < 4.78 is 21.9. The minimum absolute atomic E-state index is 0.00967. The first-order valence-electron chi connectivity index (χ1n) is 9.59. The van der Waals surface area contributed by atoms with Crippen molar-refractivity contribution in [1.82, 2.24) is 0 Å². The van der Waals surface area contributed by atoms with Crippen molar-refractivity contribution in [1.29, 1.82) is 0 Å². The lowest BCUT2D eigenvalue weighted by Gasteiger charge is -2.26. The molecule has 0 N–H and O–H groups in total. The van der Waals surface area contributed by atoms with Crippen LogP contribution in [0, 0.1) is 0 Å². The molecular weight excluding hydrogens is 374 g/mol. The summed E-state index contributed by atoms with van der Waals surface area (Å²) >= 11 is 0. The van der Waals surface area contributed by atoms with Crippen molar-refractivity contribution in [2.24, 2.45) is 0 Å². The Morgan fingerprint density at radius 1 is 1.17 bits per heavy atom. The van der Waals surface area contributed by atoms with Gasteiger partial charge in [0.1, 0.15) is 13.2 Å². The normalized spacial score (nSPS) is 18.0. The van der Waals surface area contributed by atoms with Crippen LogP contribution in [0.4, 0.5) is 5.69 Å². The van der Waals surface area contributed by atoms with Gasteiger partial charge in [-0.2, -0.15) is 0 Å². The largest absolute Gasteiger partial charge is 0.493 e. The number of hydrogen-bond acceptors (Lipinski definition) is 6. The van der Waals surface area contributed by atoms with Crippen molar-refractivity contribution in [3.63, 3.8) is 0 Å². The molecule has 4 rings (SSSR count). The second-order valence-corrected chi connectivity index (χ2v) is 7.14. The first-order chi connectivity index (χ1) is 14.0. The Morgan fingerprint density at radius 3 is 2.72 bits per heavy atom. The third kappa shape index (κ3) is 3.48. The molecule has 2 aromatic rings. The number of para-hydroxylation sites is 1. The van der Waals surface area contributed by atoms with Gasteiger partial charge < -0.3 is 23.8 Å². The number of esters is 1. The number of anilines is 1. The second kappa shape index (κ2) is 7.66. The number of rotatable bonds is 4. The van der Waals surface area contributed by atoms with E-state index in [4.69, 9.17) is 18.9 Å². The molecule has 0 fully saturated rings. The molecule has 0 saturated heterocycles. The summed E-state index contributed by atoms with van der Waals surface area (Å²) in [6.45, 7) is 4.37. The van der Waals surface area contributed by atoms with Gasteiger partial charge >= 0.3 is 5.97 Å². The molecule has 29 heavy (non-hydrogen) atoms. The van der Waals surface area contributed by atoms with Crippen molar-refractivity contribution >= 4 is 17.6 Å². The molecule has 7 heteroatoms. The van der Waals surface area contributed by atoms with Gasteiger partial charge in [0.05, 0.1) is 12.7 Å². The maximum absolute atomic E-state index is 13.0. The van der Waals surface area contributed by atoms with Crippen molar-refractivity contribution < 1.29 is 28.5 Å². The number of benzene rings is 2. The number of nitrogens with zero attached hydrogens (tertiary/aromatic N) is 1. The maximum Gasteiger partial charge on any atom is 0.339 e. The lowest BCUT2D eigenvalue weighted by Crippen LogP contribution is -2.43. The van der Waals surface area contributed by atoms with Gasteiger partial charge in [-0.15, -0.1) is 0 Å². The Hall–Kier alpha value is -3.22. The Kier molecular flexibility index (Phi) is 5.05. The van der Waals surface area contributed by atoms with Crippen LogP contribution in [0.5, 0.6) is 17.2 Å². The van der Waals surface area contributed by atoms with Crippen LogP contribution in [0.25, 0.3) is 0 Å². The van der Waals surface area contributed by atoms with E-state index in [2.05, 4.69) is 0 Å². The minimum Gasteiger partial charge on any atom is -0.493 e. The standard InChI is InChI=1S/C22H23NO6/c1-13-10-15-6-4-5-7-17(15)23(13)21(24)14(2)29-22(25)16-11-18(26-3)20-19(12-16)27-8-9-28-20/h4-7,11-14H,8-10H2,1-3H3/t13-,14+/m0/s1. The number of carbonyl (C=O) groups is 2. The van der Waals surface area contributed by atoms with Gasteiger partial charge in [-0.1, -0.05) is 18.2 Å². The fourth-order valence-corrected chi connectivity index (χ4v) is 3.77. The summed E-state index contributed by atoms with van der Waals surface area (Å²) in [7, 11) is 1.49. The predicted molar refractivity (Wildman–Crippen MR) is 106 cm³/mol. The molecular formula is C22H23NO6. The van der Waals surface area contributed by atoms with Crippen LogP contribution in [-0.4, -0.2) is 44.3 Å². The van der Waals surface area contributed by atoms with E-state index in [0.717, 1.165) is 17.7 Å². The molecule has 2 heterocycles. The minimum atomic E-state index is -0.935. The molecule has 0 unspecified atom stereocenters. The van der Waals surface area contributed by atoms with E-state index in [1.807, 2.05) is 31.2 Å². The Labute approximate surface area is 169 Å². The zero-order valence-electron chi connectivity index (χ0n) is 16.6. The summed E-state index contributed by atoms with van der Waals surface area (Å²) in [5.41, 5.74) is 2.22. The third-order valence-electron chi connectivity index (χ3n) is 5.14. The van der Waals surface area contributed by atoms with Crippen LogP contribution in [0.1, 0.15) is 29.8 Å². The molecule has 7 nitrogen and oxygen atoms in total. The summed E-state index contributed by atoms with van der Waals surface area (Å²) in [5.74, 6) is 0.391. The number of hydrogen-bond donors (Lipinski definition) is 0. The molecule has 2 aliphatic rings. The highest BCUT2D eigenvalue weighted by Gasteiger charge is 2.35. The van der Waals surface area contributed by atoms with Gasteiger partial charge in [0.2, 0.25) is 5.75 Å². The van der Waals surface area contributed by atoms with Crippen LogP contribution < -0.4 is 19.1 Å². The monoisotopic (exact) mass is 397 g/mol. The highest BCUT2D eigenvalue weighted by atomic mass is 16.6. The van der Waals surface area contributed by atoms with Crippen LogP contribution in [0.3, 0.4) is 0 Å². The lowest BCUT2D eigenvalue weighted by molar-refractivity contribution is -0.126. The fraction of sp³-hybridized carbons (Fsp3) is 0.364. The topological polar surface area (TPSA) is 74.3 Å². The van der Waals surface area contributed by atoms with Gasteiger partial charge in [0.25, 0.3) is 5.91 Å². The van der Waals surface area contributed by atoms with Crippen molar-refractivity contribution in [3.05, 3.63) is 47.5 Å². The smallest absolute Gasteiger partial charge is 0.339 e. The quantitative estimate of drug-likeness (QED) is 0.739. The third-order valence-corrected chi connectivity index (χ3v) is 5.14. The first-order valence-corrected chi connectivity index (χ1v) is 9.59. The highest BCUT2D eigenvalue weighted by Crippen LogP contribution is 2.40. The van der Waals surface area contributed by atoms with E-state index in [1.54, 1.807) is 17.9 Å². The van der Waals surface area contributed by atoms with Crippen LogP contribution in [0.15, 0.2) is 36.4 Å². The molecule has 0 bridgehead atoms. The van der Waals surface area contributed by atoms with Crippen LogP contribution in [-0.2, 0) is 16.0 Å². The van der Waals surface area contributed by atoms with Crippen molar-refractivity contribution in [2.45, 2.75) is 32.4 Å². The van der Waals surface area contributed by atoms with Gasteiger partial charge in [-0.3, -0.25) is 4.79 Å². The molecule has 1 amide bonds. The molecule has 0 aliphatic carbocycles. The first kappa shape index (κ1) is 19.1. The van der Waals surface area contributed by atoms with Crippen molar-refractivity contribution in [2.75, 3.05) is 25.2 Å². The van der Waals surface area contributed by atoms with E-state index in [1.165, 1.54) is 13.2 Å². The summed E-state index contributed by atoms with van der Waals surface area (Å²) in [6.07, 6.45) is -0.155. The average molecular weight is 397 g/mol. The molecule has 0 radical (unpaired) electrons. The van der Waals surface area contributed by atoms with E-state index >= 15 is 0 Å². The highest BCUT2D eigenvalue weighted by molar-refractivity contribution is 6.01. The molecule has 152 valence electrons.